The van der Waals surface area contributed by atoms with Crippen molar-refractivity contribution < 1.29 is 9.59 Å². The second kappa shape index (κ2) is 8.86. The summed E-state index contributed by atoms with van der Waals surface area (Å²) < 4.78 is 1.84. The molecular formula is C25H28N4O2. The number of carbonyl (C=O) groups is 2. The fourth-order valence-electron chi connectivity index (χ4n) is 4.05. The first-order chi connectivity index (χ1) is 14.9. The van der Waals surface area contributed by atoms with Gasteiger partial charge in [-0.2, -0.15) is 5.10 Å². The molecule has 1 aliphatic rings. The standard InChI is InChI=1S/C25H28N4O2/c1-18-8-10-20(11-9-18)24(30)22-6-4-5-7-23(22)25(31)29-14-12-28(13-15-29)17-21-16-27(3)26-19(21)2/h4-11,16H,12-15,17H2,1-3H3. The molecule has 0 aliphatic carbocycles. The van der Waals surface area contributed by atoms with Crippen molar-refractivity contribution in [2.75, 3.05) is 26.2 Å². The lowest BCUT2D eigenvalue weighted by Gasteiger charge is -2.35. The first-order valence-electron chi connectivity index (χ1n) is 10.6. The molecular weight excluding hydrogens is 388 g/mol. The lowest BCUT2D eigenvalue weighted by Crippen LogP contribution is -2.48. The Morgan fingerprint density at radius 3 is 2.16 bits per heavy atom. The third-order valence-electron chi connectivity index (χ3n) is 5.88. The van der Waals surface area contributed by atoms with E-state index in [9.17, 15) is 9.59 Å². The fraction of sp³-hybridized carbons (Fsp3) is 0.320. The number of rotatable bonds is 5. The van der Waals surface area contributed by atoms with Crippen LogP contribution in [0.2, 0.25) is 0 Å². The molecule has 6 heteroatoms. The maximum absolute atomic E-state index is 13.3. The molecule has 1 fully saturated rings. The minimum Gasteiger partial charge on any atom is -0.336 e. The second-order valence-corrected chi connectivity index (χ2v) is 8.22. The molecule has 6 nitrogen and oxygen atoms in total. The van der Waals surface area contributed by atoms with E-state index in [-0.39, 0.29) is 11.7 Å². The van der Waals surface area contributed by atoms with Crippen molar-refractivity contribution in [1.82, 2.24) is 19.6 Å². The molecule has 0 radical (unpaired) electrons. The Labute approximate surface area is 183 Å². The summed E-state index contributed by atoms with van der Waals surface area (Å²) in [5.74, 6) is -0.192. The Morgan fingerprint density at radius 1 is 0.903 bits per heavy atom. The van der Waals surface area contributed by atoms with E-state index < -0.39 is 0 Å². The molecule has 0 N–H and O–H groups in total. The van der Waals surface area contributed by atoms with Crippen molar-refractivity contribution in [3.05, 3.63) is 88.2 Å². The molecule has 3 aromatic rings. The van der Waals surface area contributed by atoms with Crippen LogP contribution in [0.5, 0.6) is 0 Å². The highest BCUT2D eigenvalue weighted by Gasteiger charge is 2.26. The summed E-state index contributed by atoms with van der Waals surface area (Å²) in [6, 6.07) is 14.6. The summed E-state index contributed by atoms with van der Waals surface area (Å²) in [5.41, 5.74) is 4.90. The first-order valence-corrected chi connectivity index (χ1v) is 10.6. The van der Waals surface area contributed by atoms with Crippen molar-refractivity contribution in [2.24, 2.45) is 7.05 Å². The number of hydrogen-bond donors (Lipinski definition) is 0. The summed E-state index contributed by atoms with van der Waals surface area (Å²) >= 11 is 0. The van der Waals surface area contributed by atoms with E-state index in [4.69, 9.17) is 0 Å². The molecule has 2 aromatic carbocycles. The normalized spacial score (nSPS) is 14.6. The van der Waals surface area contributed by atoms with Gasteiger partial charge in [-0.05, 0) is 19.9 Å². The molecule has 31 heavy (non-hydrogen) atoms. The van der Waals surface area contributed by atoms with Gasteiger partial charge in [-0.1, -0.05) is 48.0 Å². The predicted octanol–water partition coefficient (Wildman–Crippen LogP) is 3.23. The number of carbonyl (C=O) groups excluding carboxylic acids is 2. The molecule has 0 unspecified atom stereocenters. The van der Waals surface area contributed by atoms with Gasteiger partial charge < -0.3 is 4.90 Å². The van der Waals surface area contributed by atoms with Gasteiger partial charge in [0.1, 0.15) is 0 Å². The lowest BCUT2D eigenvalue weighted by molar-refractivity contribution is 0.0625. The Balaban J connectivity index is 1.45. The molecule has 0 bridgehead atoms. The molecule has 0 atom stereocenters. The summed E-state index contributed by atoms with van der Waals surface area (Å²) in [6.45, 7) is 7.74. The van der Waals surface area contributed by atoms with Gasteiger partial charge in [0.25, 0.3) is 5.91 Å². The van der Waals surface area contributed by atoms with Gasteiger partial charge in [0.2, 0.25) is 0 Å². The first kappa shape index (κ1) is 21.0. The van der Waals surface area contributed by atoms with Crippen LogP contribution in [-0.2, 0) is 13.6 Å². The maximum Gasteiger partial charge on any atom is 0.254 e. The molecule has 0 spiro atoms. The second-order valence-electron chi connectivity index (χ2n) is 8.22. The number of aromatic nitrogens is 2. The van der Waals surface area contributed by atoms with E-state index in [0.29, 0.717) is 29.8 Å². The van der Waals surface area contributed by atoms with Gasteiger partial charge in [0.15, 0.2) is 5.78 Å². The predicted molar refractivity (Wildman–Crippen MR) is 120 cm³/mol. The zero-order chi connectivity index (χ0) is 22.0. The maximum atomic E-state index is 13.3. The van der Waals surface area contributed by atoms with Gasteiger partial charge in [-0.15, -0.1) is 0 Å². The SMILES string of the molecule is Cc1ccc(C(=O)c2ccccc2C(=O)N2CCN(Cc3cn(C)nc3C)CC2)cc1. The van der Waals surface area contributed by atoms with E-state index in [1.807, 2.05) is 66.9 Å². The minimum absolute atomic E-state index is 0.0757. The van der Waals surface area contributed by atoms with Gasteiger partial charge in [-0.3, -0.25) is 19.2 Å². The molecule has 1 saturated heterocycles. The van der Waals surface area contributed by atoms with E-state index in [1.165, 1.54) is 5.56 Å². The molecule has 0 saturated carbocycles. The third-order valence-corrected chi connectivity index (χ3v) is 5.88. The number of amides is 1. The average molecular weight is 417 g/mol. The monoisotopic (exact) mass is 416 g/mol. The van der Waals surface area contributed by atoms with Crippen LogP contribution in [0.15, 0.2) is 54.7 Å². The number of ketones is 1. The number of piperazine rings is 1. The Bertz CT molecular complexity index is 1090. The molecule has 4 rings (SSSR count). The Kier molecular flexibility index (Phi) is 6.00. The number of hydrogen-bond acceptors (Lipinski definition) is 4. The number of benzene rings is 2. The van der Waals surface area contributed by atoms with Gasteiger partial charge >= 0.3 is 0 Å². The highest BCUT2D eigenvalue weighted by molar-refractivity contribution is 6.15. The van der Waals surface area contributed by atoms with Crippen molar-refractivity contribution in [2.45, 2.75) is 20.4 Å². The van der Waals surface area contributed by atoms with E-state index in [2.05, 4.69) is 16.2 Å². The quantitative estimate of drug-likeness (QED) is 0.599. The molecule has 160 valence electrons. The van der Waals surface area contributed by atoms with Crippen LogP contribution in [0.1, 0.15) is 43.1 Å². The summed E-state index contributed by atoms with van der Waals surface area (Å²) in [7, 11) is 1.93. The van der Waals surface area contributed by atoms with E-state index >= 15 is 0 Å². The summed E-state index contributed by atoms with van der Waals surface area (Å²) in [4.78, 5) is 30.5. The zero-order valence-corrected chi connectivity index (χ0v) is 18.3. The minimum atomic E-state index is -0.116. The highest BCUT2D eigenvalue weighted by atomic mass is 16.2. The van der Waals surface area contributed by atoms with E-state index in [1.54, 1.807) is 12.1 Å². The highest BCUT2D eigenvalue weighted by Crippen LogP contribution is 2.19. The van der Waals surface area contributed by atoms with Crippen LogP contribution in [-0.4, -0.2) is 57.4 Å². The van der Waals surface area contributed by atoms with Crippen LogP contribution in [0.3, 0.4) is 0 Å². The number of nitrogens with zero attached hydrogens (tertiary/aromatic N) is 4. The van der Waals surface area contributed by atoms with Gasteiger partial charge in [0.05, 0.1) is 11.3 Å². The van der Waals surface area contributed by atoms with Crippen LogP contribution in [0.25, 0.3) is 0 Å². The summed E-state index contributed by atoms with van der Waals surface area (Å²) in [5, 5.41) is 4.41. The van der Waals surface area contributed by atoms with Gasteiger partial charge in [0, 0.05) is 62.7 Å². The lowest BCUT2D eigenvalue weighted by atomic mass is 9.97. The topological polar surface area (TPSA) is 58.4 Å². The largest absolute Gasteiger partial charge is 0.336 e. The Morgan fingerprint density at radius 2 is 1.55 bits per heavy atom. The van der Waals surface area contributed by atoms with Crippen LogP contribution < -0.4 is 0 Å². The smallest absolute Gasteiger partial charge is 0.254 e. The molecule has 1 amide bonds. The van der Waals surface area contributed by atoms with Crippen molar-refractivity contribution >= 4 is 11.7 Å². The Hall–Kier alpha value is -3.25. The van der Waals surface area contributed by atoms with Crippen molar-refractivity contribution in [3.63, 3.8) is 0 Å². The zero-order valence-electron chi connectivity index (χ0n) is 18.3. The van der Waals surface area contributed by atoms with Gasteiger partial charge in [-0.25, -0.2) is 0 Å². The fourth-order valence-corrected chi connectivity index (χ4v) is 4.05. The van der Waals surface area contributed by atoms with Crippen LogP contribution in [0.4, 0.5) is 0 Å². The molecule has 2 heterocycles. The molecule has 1 aliphatic heterocycles. The van der Waals surface area contributed by atoms with Crippen molar-refractivity contribution in [3.8, 4) is 0 Å². The van der Waals surface area contributed by atoms with E-state index in [0.717, 1.165) is 30.9 Å². The summed E-state index contributed by atoms with van der Waals surface area (Å²) in [6.07, 6.45) is 2.06. The van der Waals surface area contributed by atoms with Crippen molar-refractivity contribution in [1.29, 1.82) is 0 Å². The average Bonchev–Trinajstić information content (AvgIpc) is 3.10. The third kappa shape index (κ3) is 4.59. The van der Waals surface area contributed by atoms with Crippen LogP contribution in [0, 0.1) is 13.8 Å². The van der Waals surface area contributed by atoms with Crippen LogP contribution >= 0.6 is 0 Å². The number of aryl methyl sites for hydroxylation is 3. The molecule has 1 aromatic heterocycles.